The Morgan fingerprint density at radius 3 is 1.17 bits per heavy atom. The van der Waals surface area contributed by atoms with E-state index in [0.29, 0.717) is 91.7 Å². The molecular weight excluding hydrogens is 1670 g/mol. The molecule has 0 aliphatic heterocycles. The smallest absolute Gasteiger partial charge is 0.277 e. The minimum absolute atomic E-state index is 0.00462. The van der Waals surface area contributed by atoms with E-state index < -0.39 is 5.56 Å². The van der Waals surface area contributed by atoms with Crippen molar-refractivity contribution in [1.82, 2.24) is 43.3 Å². The van der Waals surface area contributed by atoms with Crippen molar-refractivity contribution in [3.63, 3.8) is 0 Å². The molecule has 11 aromatic rings. The van der Waals surface area contributed by atoms with E-state index in [-0.39, 0.29) is 50.8 Å². The molecular formula is C84H86Br3Cl2N9O14. The number of aromatic nitrogens is 8. The summed E-state index contributed by atoms with van der Waals surface area (Å²) in [5.74, 6) is 4.73. The van der Waals surface area contributed by atoms with Gasteiger partial charge < -0.3 is 33.5 Å². The number of nitrogens with zero attached hydrogens (tertiary/aromatic N) is 9. The molecule has 0 spiro atoms. The van der Waals surface area contributed by atoms with Gasteiger partial charge in [0.05, 0.1) is 51.2 Å². The third-order valence-corrected chi connectivity index (χ3v) is 20.1. The zero-order valence-electron chi connectivity index (χ0n) is 64.2. The summed E-state index contributed by atoms with van der Waals surface area (Å²) < 4.78 is 41.1. The molecule has 2 aliphatic carbocycles. The molecule has 0 saturated heterocycles. The minimum Gasteiger partial charge on any atom is -0.508 e. The fraction of sp³-hybridized carbons (Fsp3) is 0.286. The number of methoxy groups -OCH3 is 3. The molecule has 2 fully saturated rings. The molecule has 0 bridgehead atoms. The van der Waals surface area contributed by atoms with Gasteiger partial charge >= 0.3 is 0 Å². The molecule has 28 heteroatoms. The standard InChI is InChI=1S/C25H25ClN2O4.C20H18BrClN2O3.C20H19BrN2O3.C12H11BrN2O2.C7H13NO2/c1-15-13-27-20(22(29)11-17-4-5-17)12-21(15)28-16(2)10-23(24(26)25(28)30)32-14-18-6-8-19(31-3)9-7-18;1-12-10-23-18(21)9-16(12)24-13(2)8-17(19(22)20(24)25)27-11-14-4-6-15(26-3)7-5-14;1-13-11-22-19(21)10-18(13)23-14(2)8-17(9-20(23)24)26-12-15-4-6-16(25-3)7-5-15;1-7-6-14-11(13)5-10(7)15-8(2)3-9(16)4-12(15)17;1-8(10-2)7(9)5-6-3-4-6/h6-10,12-13,17H,4-5,11,14H2,1-3H3;4-10H,11H2,1-3H3;4-11H,12H2,1-3H3;3-6,16H,1-2H3;6H,3-5H2,1-2H3. The summed E-state index contributed by atoms with van der Waals surface area (Å²) in [5, 5.41) is 10.7. The highest BCUT2D eigenvalue weighted by atomic mass is 79.9. The van der Waals surface area contributed by atoms with E-state index in [1.54, 1.807) is 110 Å². The maximum Gasteiger partial charge on any atom is 0.277 e. The lowest BCUT2D eigenvalue weighted by molar-refractivity contribution is -0.169. The highest BCUT2D eigenvalue weighted by Gasteiger charge is 2.28. The van der Waals surface area contributed by atoms with Gasteiger partial charge in [-0.05, 0) is 246 Å². The first-order valence-corrected chi connectivity index (χ1v) is 38.6. The first kappa shape index (κ1) is 85.8. The minimum atomic E-state index is -0.397. The molecule has 2 aliphatic rings. The lowest BCUT2D eigenvalue weighted by Crippen LogP contribution is -2.25. The van der Waals surface area contributed by atoms with Gasteiger partial charge in [-0.15, -0.1) is 0 Å². The second kappa shape index (κ2) is 39.8. The predicted molar refractivity (Wildman–Crippen MR) is 443 cm³/mol. The van der Waals surface area contributed by atoms with E-state index >= 15 is 0 Å². The number of rotatable bonds is 22. The second-order valence-corrected chi connectivity index (χ2v) is 29.9. The Kier molecular flexibility index (Phi) is 30.5. The number of hydrogen-bond donors (Lipinski definition) is 1. The average Bonchev–Trinajstić information content (AvgIpc) is 1.12. The number of hydroxylamine groups is 2. The maximum absolute atomic E-state index is 13.2. The SMILES string of the molecule is CON(C)C(=O)CC1CC1.COc1ccc(COc2cc(C)n(-c3cc(Br)ncc3C)c(=O)c2)cc1.COc1ccc(COc2cc(C)n(-c3cc(Br)ncc3C)c(=O)c2Cl)cc1.COc1ccc(COc2cc(C)n(-c3cc(C(=O)CC4CC4)ncc3C)c(=O)c2Cl)cc1.Cc1cnc(Br)cc1-n1c(C)cc(O)cc1=O. The number of Topliss-reactive ketones (excluding diaryl/α,β-unsaturated/α-hetero) is 1. The molecule has 23 nitrogen and oxygen atoms in total. The molecule has 586 valence electrons. The average molecular weight is 1760 g/mol. The van der Waals surface area contributed by atoms with Crippen molar-refractivity contribution in [2.75, 3.05) is 35.5 Å². The Labute approximate surface area is 684 Å². The van der Waals surface area contributed by atoms with Gasteiger partial charge in [-0.1, -0.05) is 59.6 Å². The van der Waals surface area contributed by atoms with Crippen molar-refractivity contribution >= 4 is 82.7 Å². The zero-order valence-corrected chi connectivity index (χ0v) is 70.5. The van der Waals surface area contributed by atoms with E-state index in [9.17, 15) is 33.9 Å². The van der Waals surface area contributed by atoms with Crippen molar-refractivity contribution in [1.29, 1.82) is 0 Å². The van der Waals surface area contributed by atoms with E-state index in [1.165, 1.54) is 41.7 Å². The number of ether oxygens (including phenoxy) is 6. The van der Waals surface area contributed by atoms with Crippen LogP contribution in [0, 0.1) is 67.2 Å². The summed E-state index contributed by atoms with van der Waals surface area (Å²) in [4.78, 5) is 95.6. The number of ketones is 1. The fourth-order valence-corrected chi connectivity index (χ4v) is 12.8. The van der Waals surface area contributed by atoms with Gasteiger partial charge in [-0.3, -0.25) is 56.9 Å². The van der Waals surface area contributed by atoms with Crippen LogP contribution < -0.4 is 50.7 Å². The number of hydrogen-bond acceptors (Lipinski definition) is 18. The monoisotopic (exact) mass is 1750 g/mol. The van der Waals surface area contributed by atoms with Crippen LogP contribution in [0.2, 0.25) is 10.0 Å². The molecule has 0 unspecified atom stereocenters. The lowest BCUT2D eigenvalue weighted by atomic mass is 10.1. The van der Waals surface area contributed by atoms with Crippen molar-refractivity contribution < 1.29 is 48.0 Å². The van der Waals surface area contributed by atoms with Crippen molar-refractivity contribution in [3.05, 3.63) is 291 Å². The number of carbonyl (C=O) groups is 2. The van der Waals surface area contributed by atoms with Crippen molar-refractivity contribution in [2.45, 2.75) is 114 Å². The molecule has 0 atom stereocenters. The van der Waals surface area contributed by atoms with Crippen LogP contribution in [-0.4, -0.2) is 95.6 Å². The van der Waals surface area contributed by atoms with Crippen molar-refractivity contribution in [2.24, 2.45) is 11.8 Å². The molecule has 1 N–H and O–H groups in total. The van der Waals surface area contributed by atoms with Gasteiger partial charge in [0.1, 0.15) is 89.6 Å². The van der Waals surface area contributed by atoms with Gasteiger partial charge in [-0.25, -0.2) is 20.0 Å². The Morgan fingerprint density at radius 1 is 0.446 bits per heavy atom. The van der Waals surface area contributed by atoms with Crippen LogP contribution in [0.15, 0.2) is 191 Å². The third-order valence-electron chi connectivity index (χ3n) is 18.1. The van der Waals surface area contributed by atoms with Crippen LogP contribution >= 0.6 is 71.0 Å². The molecule has 1 amide bonds. The number of amides is 1. The van der Waals surface area contributed by atoms with E-state index in [0.717, 1.165) is 97.5 Å². The molecule has 8 heterocycles. The lowest BCUT2D eigenvalue weighted by Gasteiger charge is -2.16. The van der Waals surface area contributed by atoms with Crippen LogP contribution in [0.1, 0.15) is 111 Å². The van der Waals surface area contributed by atoms with E-state index in [2.05, 4.69) is 67.7 Å². The summed E-state index contributed by atoms with van der Waals surface area (Å²) in [6.45, 7) is 15.8. The normalized spacial score (nSPS) is 11.9. The summed E-state index contributed by atoms with van der Waals surface area (Å²) in [7, 11) is 8.01. The van der Waals surface area contributed by atoms with Gasteiger partial charge in [0.2, 0.25) is 5.91 Å². The van der Waals surface area contributed by atoms with Crippen LogP contribution in [-0.2, 0) is 29.5 Å². The number of carbonyl (C=O) groups excluding carboxylic acids is 2. The highest BCUT2D eigenvalue weighted by Crippen LogP contribution is 2.35. The first-order valence-electron chi connectivity index (χ1n) is 35.4. The van der Waals surface area contributed by atoms with Crippen LogP contribution in [0.4, 0.5) is 0 Å². The van der Waals surface area contributed by atoms with Gasteiger partial charge in [0, 0.05) is 97.8 Å². The number of halogens is 5. The van der Waals surface area contributed by atoms with Gasteiger partial charge in [-0.2, -0.15) is 0 Å². The summed E-state index contributed by atoms with van der Waals surface area (Å²) in [5.41, 5.74) is 11.3. The van der Waals surface area contributed by atoms with Crippen LogP contribution in [0.3, 0.4) is 0 Å². The Hall–Kier alpha value is -10.2. The zero-order chi connectivity index (χ0) is 81.2. The van der Waals surface area contributed by atoms with Gasteiger partial charge in [0.25, 0.3) is 22.2 Å². The van der Waals surface area contributed by atoms with Crippen LogP contribution in [0.5, 0.6) is 40.2 Å². The largest absolute Gasteiger partial charge is 0.508 e. The fourth-order valence-electron chi connectivity index (χ4n) is 11.5. The van der Waals surface area contributed by atoms with E-state index in [1.807, 2.05) is 133 Å². The topological polar surface area (TPSA) is 262 Å². The number of aryl methyl sites for hydroxylation is 8. The molecule has 2 saturated carbocycles. The molecule has 8 aromatic heterocycles. The highest BCUT2D eigenvalue weighted by molar-refractivity contribution is 9.11. The van der Waals surface area contributed by atoms with Crippen molar-refractivity contribution in [3.8, 4) is 63.0 Å². The number of aromatic hydroxyl groups is 1. The third kappa shape index (κ3) is 23.2. The molecule has 13 rings (SSSR count). The summed E-state index contributed by atoms with van der Waals surface area (Å²) in [6.07, 6.45) is 12.5. The van der Waals surface area contributed by atoms with Gasteiger partial charge in [0.15, 0.2) is 5.78 Å². The first-order chi connectivity index (χ1) is 53.5. The van der Waals surface area contributed by atoms with Crippen LogP contribution in [0.25, 0.3) is 22.7 Å². The van der Waals surface area contributed by atoms with E-state index in [4.69, 9.17) is 56.5 Å². The molecule has 3 aromatic carbocycles. The Bertz CT molecular complexity index is 5440. The predicted octanol–water partition coefficient (Wildman–Crippen LogP) is 17.2. The number of benzene rings is 3. The Morgan fingerprint density at radius 2 is 0.795 bits per heavy atom. The summed E-state index contributed by atoms with van der Waals surface area (Å²) >= 11 is 22.7. The molecule has 112 heavy (non-hydrogen) atoms. The summed E-state index contributed by atoms with van der Waals surface area (Å²) in [6, 6.07) is 39.3. The second-order valence-electron chi connectivity index (χ2n) is 26.7. The molecule has 0 radical (unpaired) electrons. The number of pyridine rings is 8. The Balaban J connectivity index is 0.000000167. The maximum atomic E-state index is 13.2. The quantitative estimate of drug-likeness (QED) is 0.0375.